The monoisotopic (exact) mass is 233 g/mol. The molecule has 0 aromatic heterocycles. The zero-order chi connectivity index (χ0) is 12.8. The zero-order valence-electron chi connectivity index (χ0n) is 11.3. The van der Waals surface area contributed by atoms with Crippen LogP contribution in [0.5, 0.6) is 0 Å². The van der Waals surface area contributed by atoms with Crippen molar-refractivity contribution >= 4 is 5.78 Å². The maximum atomic E-state index is 12.0. The molecule has 0 spiro atoms. The molecule has 0 amide bonds. The molecule has 0 radical (unpaired) electrons. The lowest BCUT2D eigenvalue weighted by atomic mass is 9.99. The molecule has 0 aliphatic rings. The second-order valence-electron chi connectivity index (χ2n) is 4.94. The molecule has 1 unspecified atom stereocenters. The number of carbonyl (C=O) groups is 1. The van der Waals surface area contributed by atoms with Gasteiger partial charge in [-0.2, -0.15) is 0 Å². The standard InChI is InChI=1S/C15H23NO/c1-5-16-12(4)15(17)14-8-6-13(7-9-14)10-11(2)3/h6-9,11-12,16H,5,10H2,1-4H3. The molecule has 1 atom stereocenters. The van der Waals surface area contributed by atoms with E-state index in [1.807, 2.05) is 26.0 Å². The zero-order valence-corrected chi connectivity index (χ0v) is 11.3. The Morgan fingerprint density at radius 1 is 1.18 bits per heavy atom. The SMILES string of the molecule is CCNC(C)C(=O)c1ccc(CC(C)C)cc1. The van der Waals surface area contributed by atoms with Gasteiger partial charge in [0, 0.05) is 5.56 Å². The Hall–Kier alpha value is -1.15. The quantitative estimate of drug-likeness (QED) is 0.765. The van der Waals surface area contributed by atoms with Gasteiger partial charge in [-0.05, 0) is 31.4 Å². The first-order chi connectivity index (χ1) is 8.04. The van der Waals surface area contributed by atoms with Gasteiger partial charge in [-0.1, -0.05) is 45.0 Å². The number of rotatable bonds is 6. The predicted molar refractivity (Wildman–Crippen MR) is 72.5 cm³/mol. The molecule has 0 saturated heterocycles. The summed E-state index contributed by atoms with van der Waals surface area (Å²) >= 11 is 0. The molecule has 0 bridgehead atoms. The third-order valence-electron chi connectivity index (χ3n) is 2.79. The fraction of sp³-hybridized carbons (Fsp3) is 0.533. The smallest absolute Gasteiger partial charge is 0.179 e. The molecule has 94 valence electrons. The highest BCUT2D eigenvalue weighted by Crippen LogP contribution is 2.11. The van der Waals surface area contributed by atoms with Crippen molar-refractivity contribution in [2.45, 2.75) is 40.2 Å². The van der Waals surface area contributed by atoms with E-state index in [0.29, 0.717) is 5.92 Å². The van der Waals surface area contributed by atoms with E-state index in [-0.39, 0.29) is 11.8 Å². The molecular weight excluding hydrogens is 210 g/mol. The van der Waals surface area contributed by atoms with Crippen LogP contribution in [-0.2, 0) is 6.42 Å². The van der Waals surface area contributed by atoms with Crippen LogP contribution in [0.2, 0.25) is 0 Å². The number of nitrogens with one attached hydrogen (secondary N) is 1. The summed E-state index contributed by atoms with van der Waals surface area (Å²) in [4.78, 5) is 12.0. The van der Waals surface area contributed by atoms with Gasteiger partial charge in [0.1, 0.15) is 0 Å². The van der Waals surface area contributed by atoms with E-state index in [1.54, 1.807) is 0 Å². The maximum absolute atomic E-state index is 12.0. The van der Waals surface area contributed by atoms with Gasteiger partial charge in [-0.3, -0.25) is 4.79 Å². The molecule has 0 aliphatic heterocycles. The van der Waals surface area contributed by atoms with Crippen molar-refractivity contribution < 1.29 is 4.79 Å². The van der Waals surface area contributed by atoms with Crippen LogP contribution in [0.4, 0.5) is 0 Å². The molecule has 1 aromatic rings. The Morgan fingerprint density at radius 3 is 2.24 bits per heavy atom. The Labute approximate surface area is 104 Å². The van der Waals surface area contributed by atoms with Crippen LogP contribution >= 0.6 is 0 Å². The Kier molecular flexibility index (Phi) is 5.36. The summed E-state index contributed by atoms with van der Waals surface area (Å²) in [5.41, 5.74) is 2.10. The van der Waals surface area contributed by atoms with Crippen molar-refractivity contribution in [2.75, 3.05) is 6.54 Å². The van der Waals surface area contributed by atoms with Crippen molar-refractivity contribution in [3.8, 4) is 0 Å². The topological polar surface area (TPSA) is 29.1 Å². The second-order valence-corrected chi connectivity index (χ2v) is 4.94. The normalized spacial score (nSPS) is 12.8. The minimum atomic E-state index is -0.101. The van der Waals surface area contributed by atoms with E-state index in [9.17, 15) is 4.79 Å². The fourth-order valence-corrected chi connectivity index (χ4v) is 1.93. The second kappa shape index (κ2) is 6.55. The first-order valence-electron chi connectivity index (χ1n) is 6.41. The number of benzene rings is 1. The molecule has 2 heteroatoms. The number of likely N-dealkylation sites (N-methyl/N-ethyl adjacent to an activating group) is 1. The van der Waals surface area contributed by atoms with Crippen molar-refractivity contribution in [2.24, 2.45) is 5.92 Å². The summed E-state index contributed by atoms with van der Waals surface area (Å²) in [7, 11) is 0. The fourth-order valence-electron chi connectivity index (χ4n) is 1.93. The number of Topliss-reactive ketones (excluding diaryl/α,β-unsaturated/α-hetero) is 1. The highest BCUT2D eigenvalue weighted by Gasteiger charge is 2.13. The summed E-state index contributed by atoms with van der Waals surface area (Å²) in [6.07, 6.45) is 1.07. The van der Waals surface area contributed by atoms with Crippen LogP contribution in [0.3, 0.4) is 0 Å². The Balaban J connectivity index is 2.70. The van der Waals surface area contributed by atoms with Crippen molar-refractivity contribution in [3.05, 3.63) is 35.4 Å². The molecule has 2 nitrogen and oxygen atoms in total. The van der Waals surface area contributed by atoms with Gasteiger partial charge in [0.15, 0.2) is 5.78 Å². The minimum absolute atomic E-state index is 0.101. The van der Waals surface area contributed by atoms with Crippen molar-refractivity contribution in [1.82, 2.24) is 5.32 Å². The lowest BCUT2D eigenvalue weighted by molar-refractivity contribution is 0.0952. The van der Waals surface area contributed by atoms with E-state index < -0.39 is 0 Å². The van der Waals surface area contributed by atoms with E-state index in [2.05, 4.69) is 31.3 Å². The third-order valence-corrected chi connectivity index (χ3v) is 2.79. The van der Waals surface area contributed by atoms with Crippen LogP contribution < -0.4 is 5.32 Å². The number of carbonyl (C=O) groups excluding carboxylic acids is 1. The van der Waals surface area contributed by atoms with Gasteiger partial charge in [0.05, 0.1) is 6.04 Å². The summed E-state index contributed by atoms with van der Waals surface area (Å²) in [5.74, 6) is 0.820. The van der Waals surface area contributed by atoms with Crippen LogP contribution in [0.25, 0.3) is 0 Å². The molecule has 1 aromatic carbocycles. The number of hydrogen-bond acceptors (Lipinski definition) is 2. The van der Waals surface area contributed by atoms with Crippen molar-refractivity contribution in [1.29, 1.82) is 0 Å². The van der Waals surface area contributed by atoms with E-state index >= 15 is 0 Å². The lowest BCUT2D eigenvalue weighted by Gasteiger charge is -2.11. The van der Waals surface area contributed by atoms with Gasteiger partial charge in [-0.25, -0.2) is 0 Å². The molecule has 1 rings (SSSR count). The molecule has 17 heavy (non-hydrogen) atoms. The summed E-state index contributed by atoms with van der Waals surface area (Å²) in [6, 6.07) is 7.90. The summed E-state index contributed by atoms with van der Waals surface area (Å²) in [6.45, 7) is 9.14. The molecule has 0 heterocycles. The lowest BCUT2D eigenvalue weighted by Crippen LogP contribution is -2.33. The first-order valence-corrected chi connectivity index (χ1v) is 6.41. The van der Waals surface area contributed by atoms with Gasteiger partial charge >= 0.3 is 0 Å². The Bertz CT molecular complexity index is 354. The maximum Gasteiger partial charge on any atom is 0.179 e. The minimum Gasteiger partial charge on any atom is -0.308 e. The van der Waals surface area contributed by atoms with Gasteiger partial charge in [0.25, 0.3) is 0 Å². The van der Waals surface area contributed by atoms with E-state index in [1.165, 1.54) is 5.56 Å². The van der Waals surface area contributed by atoms with Gasteiger partial charge < -0.3 is 5.32 Å². The highest BCUT2D eigenvalue weighted by molar-refractivity contribution is 5.99. The predicted octanol–water partition coefficient (Wildman–Crippen LogP) is 3.07. The van der Waals surface area contributed by atoms with Crippen LogP contribution in [0, 0.1) is 5.92 Å². The molecule has 1 N–H and O–H groups in total. The molecule has 0 fully saturated rings. The van der Waals surface area contributed by atoms with Crippen LogP contribution in [0.1, 0.15) is 43.6 Å². The van der Waals surface area contributed by atoms with Crippen LogP contribution in [-0.4, -0.2) is 18.4 Å². The average Bonchev–Trinajstić information content (AvgIpc) is 2.28. The number of hydrogen-bond donors (Lipinski definition) is 1. The summed E-state index contributed by atoms with van der Waals surface area (Å²) in [5, 5.41) is 3.14. The highest BCUT2D eigenvalue weighted by atomic mass is 16.1. The molecule has 0 aliphatic carbocycles. The molecule has 0 saturated carbocycles. The largest absolute Gasteiger partial charge is 0.308 e. The van der Waals surface area contributed by atoms with Gasteiger partial charge in [-0.15, -0.1) is 0 Å². The Morgan fingerprint density at radius 2 is 1.76 bits per heavy atom. The molecular formula is C15H23NO. The van der Waals surface area contributed by atoms with E-state index in [0.717, 1.165) is 18.5 Å². The van der Waals surface area contributed by atoms with Crippen LogP contribution in [0.15, 0.2) is 24.3 Å². The average molecular weight is 233 g/mol. The first kappa shape index (κ1) is 13.9. The van der Waals surface area contributed by atoms with E-state index in [4.69, 9.17) is 0 Å². The summed E-state index contributed by atoms with van der Waals surface area (Å²) < 4.78 is 0. The third kappa shape index (κ3) is 4.31. The number of ketones is 1. The van der Waals surface area contributed by atoms with Crippen molar-refractivity contribution in [3.63, 3.8) is 0 Å². The van der Waals surface area contributed by atoms with Gasteiger partial charge in [0.2, 0.25) is 0 Å².